The Bertz CT molecular complexity index is 384. The smallest absolute Gasteiger partial charge is 0.0692 e. The molecule has 1 atom stereocenters. The minimum absolute atomic E-state index is 0.0981. The van der Waals surface area contributed by atoms with Gasteiger partial charge in [-0.25, -0.2) is 0 Å². The standard InChI is InChI=1S/C15H27N3O/c1-4-15(5-2)11-13(8-10-19-15)16-12-14-7-9-17-18(14)6-3/h7,9,13,16H,4-6,8,10-12H2,1-3H3. The first-order valence-corrected chi connectivity index (χ1v) is 7.61. The number of hydrogen-bond donors (Lipinski definition) is 1. The molecule has 1 aliphatic heterocycles. The lowest BCUT2D eigenvalue weighted by Crippen LogP contribution is -2.46. The van der Waals surface area contributed by atoms with Gasteiger partial charge in [0.25, 0.3) is 0 Å². The van der Waals surface area contributed by atoms with Gasteiger partial charge < -0.3 is 10.1 Å². The second-order valence-electron chi connectivity index (χ2n) is 5.45. The van der Waals surface area contributed by atoms with E-state index in [0.717, 1.165) is 45.4 Å². The molecule has 2 rings (SSSR count). The number of aryl methyl sites for hydroxylation is 1. The van der Waals surface area contributed by atoms with Crippen LogP contribution < -0.4 is 5.32 Å². The fourth-order valence-electron chi connectivity index (χ4n) is 2.99. The number of rotatable bonds is 6. The predicted molar refractivity (Wildman–Crippen MR) is 77.0 cm³/mol. The molecule has 1 saturated heterocycles. The van der Waals surface area contributed by atoms with Crippen LogP contribution in [0.3, 0.4) is 0 Å². The zero-order chi connectivity index (χ0) is 13.7. The van der Waals surface area contributed by atoms with E-state index < -0.39 is 0 Å². The highest BCUT2D eigenvalue weighted by atomic mass is 16.5. The summed E-state index contributed by atoms with van der Waals surface area (Å²) >= 11 is 0. The van der Waals surface area contributed by atoms with Gasteiger partial charge in [0.15, 0.2) is 0 Å². The number of hydrogen-bond acceptors (Lipinski definition) is 3. The van der Waals surface area contributed by atoms with Crippen molar-refractivity contribution in [3.05, 3.63) is 18.0 Å². The van der Waals surface area contributed by atoms with Gasteiger partial charge in [0.2, 0.25) is 0 Å². The largest absolute Gasteiger partial charge is 0.375 e. The summed E-state index contributed by atoms with van der Waals surface area (Å²) in [5.74, 6) is 0. The monoisotopic (exact) mass is 265 g/mol. The normalized spacial score (nSPS) is 22.6. The fourth-order valence-corrected chi connectivity index (χ4v) is 2.99. The van der Waals surface area contributed by atoms with Crippen molar-refractivity contribution < 1.29 is 4.74 Å². The first-order chi connectivity index (χ1) is 9.23. The van der Waals surface area contributed by atoms with E-state index in [9.17, 15) is 0 Å². The third-order valence-corrected chi connectivity index (χ3v) is 4.46. The van der Waals surface area contributed by atoms with Gasteiger partial charge in [0.1, 0.15) is 0 Å². The van der Waals surface area contributed by atoms with Crippen molar-refractivity contribution in [3.8, 4) is 0 Å². The van der Waals surface area contributed by atoms with E-state index in [-0.39, 0.29) is 5.60 Å². The number of nitrogens with one attached hydrogen (secondary N) is 1. The van der Waals surface area contributed by atoms with Crippen molar-refractivity contribution in [1.82, 2.24) is 15.1 Å². The third kappa shape index (κ3) is 3.37. The maximum Gasteiger partial charge on any atom is 0.0692 e. The molecular weight excluding hydrogens is 238 g/mol. The maximum absolute atomic E-state index is 6.02. The van der Waals surface area contributed by atoms with E-state index >= 15 is 0 Å². The Hall–Kier alpha value is -0.870. The number of ether oxygens (including phenoxy) is 1. The molecule has 4 nitrogen and oxygen atoms in total. The lowest BCUT2D eigenvalue weighted by molar-refractivity contribution is -0.0932. The molecule has 1 aromatic rings. The summed E-state index contributed by atoms with van der Waals surface area (Å²) in [6, 6.07) is 2.66. The summed E-state index contributed by atoms with van der Waals surface area (Å²) in [7, 11) is 0. The van der Waals surface area contributed by atoms with Crippen LogP contribution in [-0.2, 0) is 17.8 Å². The van der Waals surface area contributed by atoms with Crippen LogP contribution in [0.4, 0.5) is 0 Å². The van der Waals surface area contributed by atoms with Crippen molar-refractivity contribution in [2.24, 2.45) is 0 Å². The molecule has 1 aliphatic rings. The molecule has 1 N–H and O–H groups in total. The molecule has 1 unspecified atom stereocenters. The minimum Gasteiger partial charge on any atom is -0.375 e. The van der Waals surface area contributed by atoms with E-state index in [1.54, 1.807) is 0 Å². The molecule has 0 amide bonds. The van der Waals surface area contributed by atoms with E-state index in [2.05, 4.69) is 41.9 Å². The summed E-state index contributed by atoms with van der Waals surface area (Å²) in [5.41, 5.74) is 1.37. The van der Waals surface area contributed by atoms with Crippen LogP contribution in [0.1, 0.15) is 52.1 Å². The zero-order valence-corrected chi connectivity index (χ0v) is 12.5. The summed E-state index contributed by atoms with van der Waals surface area (Å²) in [4.78, 5) is 0. The van der Waals surface area contributed by atoms with E-state index in [4.69, 9.17) is 4.74 Å². The first kappa shape index (κ1) is 14.5. The summed E-state index contributed by atoms with van der Waals surface area (Å²) in [5, 5.41) is 7.99. The van der Waals surface area contributed by atoms with Gasteiger partial charge in [-0.2, -0.15) is 5.10 Å². The summed E-state index contributed by atoms with van der Waals surface area (Å²) in [6.45, 7) is 9.32. The zero-order valence-electron chi connectivity index (χ0n) is 12.5. The average molecular weight is 265 g/mol. The molecule has 1 aromatic heterocycles. The molecule has 1 fully saturated rings. The van der Waals surface area contributed by atoms with Crippen molar-refractivity contribution >= 4 is 0 Å². The second-order valence-corrected chi connectivity index (χ2v) is 5.45. The predicted octanol–water partition coefficient (Wildman–Crippen LogP) is 2.73. The summed E-state index contributed by atoms with van der Waals surface area (Å²) in [6.07, 6.45) is 6.33. The molecule has 4 heteroatoms. The van der Waals surface area contributed by atoms with Crippen molar-refractivity contribution in [2.75, 3.05) is 6.61 Å². The highest BCUT2D eigenvalue weighted by molar-refractivity contribution is 5.01. The highest BCUT2D eigenvalue weighted by Gasteiger charge is 2.34. The van der Waals surface area contributed by atoms with Gasteiger partial charge in [-0.05, 0) is 38.7 Å². The maximum atomic E-state index is 6.02. The Morgan fingerprint density at radius 3 is 2.89 bits per heavy atom. The molecule has 2 heterocycles. The first-order valence-electron chi connectivity index (χ1n) is 7.61. The van der Waals surface area contributed by atoms with Crippen LogP contribution in [-0.4, -0.2) is 28.0 Å². The average Bonchev–Trinajstić information content (AvgIpc) is 2.92. The lowest BCUT2D eigenvalue weighted by atomic mass is 9.86. The minimum atomic E-state index is 0.0981. The van der Waals surface area contributed by atoms with Crippen LogP contribution in [0.5, 0.6) is 0 Å². The van der Waals surface area contributed by atoms with E-state index in [0.29, 0.717) is 6.04 Å². The molecule has 0 radical (unpaired) electrons. The van der Waals surface area contributed by atoms with Crippen LogP contribution >= 0.6 is 0 Å². The Morgan fingerprint density at radius 1 is 1.42 bits per heavy atom. The quantitative estimate of drug-likeness (QED) is 0.859. The van der Waals surface area contributed by atoms with Crippen LogP contribution in [0.15, 0.2) is 12.3 Å². The van der Waals surface area contributed by atoms with Crippen molar-refractivity contribution in [1.29, 1.82) is 0 Å². The fraction of sp³-hybridized carbons (Fsp3) is 0.800. The highest BCUT2D eigenvalue weighted by Crippen LogP contribution is 2.31. The van der Waals surface area contributed by atoms with Crippen LogP contribution in [0, 0.1) is 0 Å². The second kappa shape index (κ2) is 6.53. The van der Waals surface area contributed by atoms with Crippen LogP contribution in [0.25, 0.3) is 0 Å². The summed E-state index contributed by atoms with van der Waals surface area (Å²) < 4.78 is 8.07. The lowest BCUT2D eigenvalue weighted by Gasteiger charge is -2.40. The Labute approximate surface area is 116 Å². The molecule has 0 bridgehead atoms. The molecule has 0 aromatic carbocycles. The Kier molecular flexibility index (Phi) is 4.99. The van der Waals surface area contributed by atoms with Crippen molar-refractivity contribution in [2.45, 2.75) is 71.2 Å². The number of aromatic nitrogens is 2. The van der Waals surface area contributed by atoms with Gasteiger partial charge in [0, 0.05) is 31.9 Å². The molecule has 0 saturated carbocycles. The third-order valence-electron chi connectivity index (χ3n) is 4.46. The molecule has 19 heavy (non-hydrogen) atoms. The Balaban J connectivity index is 1.89. The molecule has 0 aliphatic carbocycles. The molecule has 108 valence electrons. The van der Waals surface area contributed by atoms with Gasteiger partial charge in [-0.1, -0.05) is 13.8 Å². The van der Waals surface area contributed by atoms with Gasteiger partial charge >= 0.3 is 0 Å². The molecular formula is C15H27N3O. The van der Waals surface area contributed by atoms with Gasteiger partial charge in [0.05, 0.1) is 11.3 Å². The topological polar surface area (TPSA) is 39.1 Å². The Morgan fingerprint density at radius 2 is 2.21 bits per heavy atom. The number of nitrogens with zero attached hydrogens (tertiary/aromatic N) is 2. The van der Waals surface area contributed by atoms with E-state index in [1.165, 1.54) is 5.69 Å². The van der Waals surface area contributed by atoms with Gasteiger partial charge in [-0.3, -0.25) is 4.68 Å². The SMILES string of the molecule is CCn1nccc1CNC1CCOC(CC)(CC)C1. The van der Waals surface area contributed by atoms with Gasteiger partial charge in [-0.15, -0.1) is 0 Å². The van der Waals surface area contributed by atoms with Crippen molar-refractivity contribution in [3.63, 3.8) is 0 Å². The molecule has 0 spiro atoms. The van der Waals surface area contributed by atoms with Crippen LogP contribution in [0.2, 0.25) is 0 Å². The van der Waals surface area contributed by atoms with E-state index in [1.807, 2.05) is 6.20 Å².